The molecule has 1 N–H and O–H groups in total. The average molecular weight is 362 g/mol. The lowest BCUT2D eigenvalue weighted by molar-refractivity contribution is -0.385. The number of benzene rings is 3. The van der Waals surface area contributed by atoms with Gasteiger partial charge in [-0.15, -0.1) is 0 Å². The molecule has 6 heteroatoms. The minimum absolute atomic E-state index is 0.0122. The van der Waals surface area contributed by atoms with Crippen molar-refractivity contribution in [3.8, 4) is 11.5 Å². The van der Waals surface area contributed by atoms with Crippen LogP contribution in [0, 0.1) is 24.0 Å². The maximum Gasteiger partial charge on any atom is 0.282 e. The highest BCUT2D eigenvalue weighted by Crippen LogP contribution is 2.27. The normalized spacial score (nSPS) is 10.3. The second-order valence-corrected chi connectivity index (χ2v) is 6.12. The van der Waals surface area contributed by atoms with E-state index in [1.165, 1.54) is 18.2 Å². The molecule has 136 valence electrons. The largest absolute Gasteiger partial charge is 0.457 e. The lowest BCUT2D eigenvalue weighted by Gasteiger charge is -2.11. The van der Waals surface area contributed by atoms with Crippen LogP contribution in [0.5, 0.6) is 11.5 Å². The number of hydrogen-bond acceptors (Lipinski definition) is 4. The Morgan fingerprint density at radius 3 is 2.41 bits per heavy atom. The van der Waals surface area contributed by atoms with Gasteiger partial charge in [0.25, 0.3) is 11.6 Å². The highest BCUT2D eigenvalue weighted by molar-refractivity contribution is 6.07. The molecule has 0 saturated heterocycles. The number of rotatable bonds is 5. The van der Waals surface area contributed by atoms with Gasteiger partial charge in [-0.05, 0) is 61.4 Å². The van der Waals surface area contributed by atoms with E-state index in [1.54, 1.807) is 30.3 Å². The summed E-state index contributed by atoms with van der Waals surface area (Å²) in [5.41, 5.74) is 2.42. The maximum atomic E-state index is 12.4. The van der Waals surface area contributed by atoms with Gasteiger partial charge in [0.15, 0.2) is 0 Å². The molecule has 0 atom stereocenters. The number of nitro groups is 1. The molecule has 0 aliphatic rings. The van der Waals surface area contributed by atoms with E-state index in [2.05, 4.69) is 5.32 Å². The summed E-state index contributed by atoms with van der Waals surface area (Å²) in [4.78, 5) is 22.8. The molecule has 3 aromatic carbocycles. The smallest absolute Gasteiger partial charge is 0.282 e. The number of aryl methyl sites for hydroxylation is 2. The number of nitro benzene ring substituents is 1. The SMILES string of the molecule is Cc1ccc(C)c(Oc2ccc(NC(=O)c3ccccc3[N+](=O)[O-])cc2)c1. The van der Waals surface area contributed by atoms with Crippen LogP contribution < -0.4 is 10.1 Å². The molecular weight excluding hydrogens is 344 g/mol. The van der Waals surface area contributed by atoms with Gasteiger partial charge in [0.1, 0.15) is 17.1 Å². The summed E-state index contributed by atoms with van der Waals surface area (Å²) in [6, 6.07) is 18.6. The summed E-state index contributed by atoms with van der Waals surface area (Å²) < 4.78 is 5.88. The molecule has 0 aliphatic heterocycles. The Hall–Kier alpha value is -3.67. The molecule has 0 fully saturated rings. The van der Waals surface area contributed by atoms with Crippen molar-refractivity contribution in [3.63, 3.8) is 0 Å². The van der Waals surface area contributed by atoms with Gasteiger partial charge < -0.3 is 10.1 Å². The highest BCUT2D eigenvalue weighted by Gasteiger charge is 2.19. The topological polar surface area (TPSA) is 81.5 Å². The molecular formula is C21H18N2O4. The van der Waals surface area contributed by atoms with Crippen LogP contribution in [0.2, 0.25) is 0 Å². The molecule has 0 spiro atoms. The van der Waals surface area contributed by atoms with Crippen molar-refractivity contribution < 1.29 is 14.5 Å². The zero-order valence-corrected chi connectivity index (χ0v) is 14.9. The lowest BCUT2D eigenvalue weighted by atomic mass is 10.1. The highest BCUT2D eigenvalue weighted by atomic mass is 16.6. The number of para-hydroxylation sites is 1. The van der Waals surface area contributed by atoms with E-state index in [0.29, 0.717) is 11.4 Å². The van der Waals surface area contributed by atoms with Crippen LogP contribution in [0.4, 0.5) is 11.4 Å². The monoisotopic (exact) mass is 362 g/mol. The molecule has 3 aromatic rings. The molecule has 3 rings (SSSR count). The fraction of sp³-hybridized carbons (Fsp3) is 0.0952. The number of ether oxygens (including phenoxy) is 1. The van der Waals surface area contributed by atoms with Crippen LogP contribution in [-0.4, -0.2) is 10.8 Å². The Morgan fingerprint density at radius 1 is 1.00 bits per heavy atom. The van der Waals surface area contributed by atoms with Gasteiger partial charge in [-0.1, -0.05) is 24.3 Å². The average Bonchev–Trinajstić information content (AvgIpc) is 2.66. The molecule has 0 aliphatic carbocycles. The van der Waals surface area contributed by atoms with Gasteiger partial charge in [0.2, 0.25) is 0 Å². The second kappa shape index (κ2) is 7.70. The third-order valence-corrected chi connectivity index (χ3v) is 4.03. The van der Waals surface area contributed by atoms with Crippen LogP contribution in [0.3, 0.4) is 0 Å². The van der Waals surface area contributed by atoms with E-state index in [4.69, 9.17) is 4.74 Å². The molecule has 0 radical (unpaired) electrons. The van der Waals surface area contributed by atoms with Gasteiger partial charge in [-0.3, -0.25) is 14.9 Å². The van der Waals surface area contributed by atoms with Crippen molar-refractivity contribution in [2.24, 2.45) is 0 Å². The fourth-order valence-corrected chi connectivity index (χ4v) is 2.57. The number of nitrogens with one attached hydrogen (secondary N) is 1. The van der Waals surface area contributed by atoms with Crippen molar-refractivity contribution in [2.75, 3.05) is 5.32 Å². The van der Waals surface area contributed by atoms with Crippen molar-refractivity contribution in [1.82, 2.24) is 0 Å². The van der Waals surface area contributed by atoms with Crippen molar-refractivity contribution in [3.05, 3.63) is 93.5 Å². The van der Waals surface area contributed by atoms with Gasteiger partial charge >= 0.3 is 0 Å². The first kappa shape index (κ1) is 18.1. The third-order valence-electron chi connectivity index (χ3n) is 4.03. The second-order valence-electron chi connectivity index (χ2n) is 6.12. The first-order valence-electron chi connectivity index (χ1n) is 8.34. The summed E-state index contributed by atoms with van der Waals surface area (Å²) >= 11 is 0. The Kier molecular flexibility index (Phi) is 5.17. The van der Waals surface area contributed by atoms with Crippen molar-refractivity contribution in [1.29, 1.82) is 0 Å². The van der Waals surface area contributed by atoms with Gasteiger partial charge in [0.05, 0.1) is 4.92 Å². The van der Waals surface area contributed by atoms with E-state index >= 15 is 0 Å². The van der Waals surface area contributed by atoms with Crippen molar-refractivity contribution >= 4 is 17.3 Å². The van der Waals surface area contributed by atoms with Crippen LogP contribution in [-0.2, 0) is 0 Å². The number of hydrogen-bond donors (Lipinski definition) is 1. The molecule has 27 heavy (non-hydrogen) atoms. The van der Waals surface area contributed by atoms with Crippen LogP contribution >= 0.6 is 0 Å². The minimum Gasteiger partial charge on any atom is -0.457 e. The summed E-state index contributed by atoms with van der Waals surface area (Å²) in [6.45, 7) is 3.96. The Balaban J connectivity index is 1.74. The number of amides is 1. The van der Waals surface area contributed by atoms with E-state index < -0.39 is 10.8 Å². The summed E-state index contributed by atoms with van der Waals surface area (Å²) in [6.07, 6.45) is 0. The predicted molar refractivity (Wildman–Crippen MR) is 103 cm³/mol. The summed E-state index contributed by atoms with van der Waals surface area (Å²) in [5, 5.41) is 13.7. The lowest BCUT2D eigenvalue weighted by Crippen LogP contribution is -2.13. The number of carbonyl (C=O) groups is 1. The molecule has 0 unspecified atom stereocenters. The van der Waals surface area contributed by atoms with Crippen LogP contribution in [0.15, 0.2) is 66.7 Å². The first-order valence-corrected chi connectivity index (χ1v) is 8.34. The van der Waals surface area contributed by atoms with Gasteiger partial charge in [-0.25, -0.2) is 0 Å². The standard InChI is InChI=1S/C21H18N2O4/c1-14-7-8-15(2)20(13-14)27-17-11-9-16(10-12-17)22-21(24)18-5-3-4-6-19(18)23(25)26/h3-13H,1-2H3,(H,22,24). The van der Waals surface area contributed by atoms with Crippen LogP contribution in [0.25, 0.3) is 0 Å². The zero-order valence-electron chi connectivity index (χ0n) is 14.9. The van der Waals surface area contributed by atoms with E-state index in [-0.39, 0.29) is 11.3 Å². The van der Waals surface area contributed by atoms with Gasteiger partial charge in [0, 0.05) is 11.8 Å². The summed E-state index contributed by atoms with van der Waals surface area (Å²) in [5.74, 6) is 0.865. The van der Waals surface area contributed by atoms with Crippen molar-refractivity contribution in [2.45, 2.75) is 13.8 Å². The number of nitrogens with zero attached hydrogens (tertiary/aromatic N) is 1. The summed E-state index contributed by atoms with van der Waals surface area (Å²) in [7, 11) is 0. The Labute approximate surface area is 156 Å². The molecule has 0 heterocycles. The van der Waals surface area contributed by atoms with E-state index in [1.807, 2.05) is 32.0 Å². The third kappa shape index (κ3) is 4.30. The molecule has 0 bridgehead atoms. The zero-order chi connectivity index (χ0) is 19.4. The number of anilines is 1. The Morgan fingerprint density at radius 2 is 1.70 bits per heavy atom. The molecule has 6 nitrogen and oxygen atoms in total. The first-order chi connectivity index (χ1) is 12.9. The molecule has 1 amide bonds. The fourth-order valence-electron chi connectivity index (χ4n) is 2.57. The van der Waals surface area contributed by atoms with E-state index in [9.17, 15) is 14.9 Å². The van der Waals surface area contributed by atoms with E-state index in [0.717, 1.165) is 16.9 Å². The maximum absolute atomic E-state index is 12.4. The number of carbonyl (C=O) groups excluding carboxylic acids is 1. The Bertz CT molecular complexity index is 997. The predicted octanol–water partition coefficient (Wildman–Crippen LogP) is 5.26. The molecule has 0 saturated carbocycles. The van der Waals surface area contributed by atoms with Gasteiger partial charge in [-0.2, -0.15) is 0 Å². The van der Waals surface area contributed by atoms with Crippen LogP contribution in [0.1, 0.15) is 21.5 Å². The molecule has 0 aromatic heterocycles. The minimum atomic E-state index is -0.573. The quantitative estimate of drug-likeness (QED) is 0.496.